The lowest BCUT2D eigenvalue weighted by molar-refractivity contribution is 0.661. The van der Waals surface area contributed by atoms with Crippen LogP contribution >= 0.6 is 11.3 Å². The molecule has 1 aliphatic carbocycles. The van der Waals surface area contributed by atoms with E-state index in [4.69, 9.17) is 9.41 Å². The number of thiophene rings is 1. The van der Waals surface area contributed by atoms with E-state index < -0.39 is 0 Å². The molecule has 2 heterocycles. The number of hydrogen-bond donors (Lipinski definition) is 0. The maximum absolute atomic E-state index is 6.44. The Kier molecular flexibility index (Phi) is 7.90. The normalized spacial score (nSPS) is 13.8. The van der Waals surface area contributed by atoms with E-state index in [1.54, 1.807) is 0 Å². The summed E-state index contributed by atoms with van der Waals surface area (Å²) in [5, 5.41) is 4.82. The van der Waals surface area contributed by atoms with Crippen molar-refractivity contribution in [2.24, 2.45) is 4.99 Å². The minimum absolute atomic E-state index is 0.0560. The van der Waals surface area contributed by atoms with Crippen LogP contribution < -0.4 is 4.90 Å². The molecule has 0 N–H and O–H groups in total. The van der Waals surface area contributed by atoms with Crippen LogP contribution in [0, 0.1) is 0 Å². The van der Waals surface area contributed by atoms with Crippen molar-refractivity contribution in [2.45, 2.75) is 26.2 Å². The van der Waals surface area contributed by atoms with E-state index in [1.807, 2.05) is 60.0 Å². The van der Waals surface area contributed by atoms with Crippen LogP contribution in [0.2, 0.25) is 0 Å². The monoisotopic (exact) mass is 726 g/mol. The first kappa shape index (κ1) is 33.1. The number of rotatable bonds is 7. The Morgan fingerprint density at radius 3 is 2.20 bits per heavy atom. The molecule has 0 aliphatic heterocycles. The SMILES string of the molecule is C/C=C\C(=C/C=Nc1ccccc1)N(c1ccc(-c2cccc3c2oc2ccccc23)cc1)c1cccc2c1sc1c3c(ccc12)C(C)(C)c1ccccc1-3. The molecule has 1 aliphatic rings. The van der Waals surface area contributed by atoms with Crippen molar-refractivity contribution >= 4 is 76.7 Å². The molecule has 0 saturated carbocycles. The molecule has 9 aromatic rings. The largest absolute Gasteiger partial charge is 0.455 e. The third-order valence-corrected chi connectivity index (χ3v) is 12.4. The molecular weight excluding hydrogens is 689 g/mol. The maximum atomic E-state index is 6.44. The summed E-state index contributed by atoms with van der Waals surface area (Å²) in [4.78, 5) is 7.17. The van der Waals surface area contributed by atoms with Gasteiger partial charge in [0.05, 0.1) is 16.1 Å². The molecule has 0 spiro atoms. The Hall–Kier alpha value is -6.49. The third-order valence-electron chi connectivity index (χ3n) is 11.1. The van der Waals surface area contributed by atoms with Crippen molar-refractivity contribution < 1.29 is 4.42 Å². The van der Waals surface area contributed by atoms with E-state index in [2.05, 4.69) is 153 Å². The summed E-state index contributed by atoms with van der Waals surface area (Å²) in [5.41, 5.74) is 13.6. The number of furan rings is 1. The van der Waals surface area contributed by atoms with Crippen LogP contribution in [0.3, 0.4) is 0 Å². The zero-order chi connectivity index (χ0) is 37.1. The number of hydrogen-bond acceptors (Lipinski definition) is 4. The summed E-state index contributed by atoms with van der Waals surface area (Å²) in [6, 6.07) is 54.0. The summed E-state index contributed by atoms with van der Waals surface area (Å²) in [6.45, 7) is 6.78. The van der Waals surface area contributed by atoms with Crippen molar-refractivity contribution in [1.29, 1.82) is 0 Å². The van der Waals surface area contributed by atoms with Crippen LogP contribution in [0.5, 0.6) is 0 Å². The molecule has 10 rings (SSSR count). The average Bonchev–Trinajstić information content (AvgIpc) is 3.87. The standard InChI is InChI=1S/C51H38N2OS/c1-4-14-35(31-32-52-34-15-6-5-7-16-34)53(36-27-25-33(26-28-36)37-19-12-20-39-38-17-9-11-24-46(38)54-48(37)39)45-23-13-21-40-41-29-30-44-47(50(41)55-49(40)45)42-18-8-10-22-43(42)51(44,2)3/h4-32H,1-3H3/b14-4-,35-31+,52-32?. The van der Waals surface area contributed by atoms with Gasteiger partial charge in [-0.3, -0.25) is 4.99 Å². The van der Waals surface area contributed by atoms with Gasteiger partial charge in [0.25, 0.3) is 0 Å². The van der Waals surface area contributed by atoms with E-state index in [9.17, 15) is 0 Å². The lowest BCUT2D eigenvalue weighted by Crippen LogP contribution is -2.15. The number of anilines is 2. The van der Waals surface area contributed by atoms with Crippen molar-refractivity contribution in [2.75, 3.05) is 4.90 Å². The molecule has 4 heteroatoms. The van der Waals surface area contributed by atoms with E-state index in [0.29, 0.717) is 0 Å². The van der Waals surface area contributed by atoms with Gasteiger partial charge in [0.1, 0.15) is 11.2 Å². The molecule has 55 heavy (non-hydrogen) atoms. The average molecular weight is 727 g/mol. The molecule has 3 nitrogen and oxygen atoms in total. The molecule has 0 atom stereocenters. The third kappa shape index (κ3) is 5.36. The summed E-state index contributed by atoms with van der Waals surface area (Å²) < 4.78 is 9.03. The van der Waals surface area contributed by atoms with Crippen LogP contribution in [-0.2, 0) is 5.41 Å². The Labute approximate surface area is 324 Å². The number of nitrogens with zero attached hydrogens (tertiary/aromatic N) is 2. The van der Waals surface area contributed by atoms with Gasteiger partial charge < -0.3 is 9.32 Å². The van der Waals surface area contributed by atoms with Gasteiger partial charge in [0.15, 0.2) is 0 Å². The topological polar surface area (TPSA) is 28.7 Å². The van der Waals surface area contributed by atoms with Crippen molar-refractivity contribution in [3.8, 4) is 22.3 Å². The smallest absolute Gasteiger partial charge is 0.143 e. The van der Waals surface area contributed by atoms with Gasteiger partial charge in [-0.2, -0.15) is 0 Å². The van der Waals surface area contributed by atoms with Gasteiger partial charge in [0.2, 0.25) is 0 Å². The molecule has 0 saturated heterocycles. The lowest BCUT2D eigenvalue weighted by atomic mass is 9.82. The zero-order valence-corrected chi connectivity index (χ0v) is 31.8. The fraction of sp³-hybridized carbons (Fsp3) is 0.0784. The van der Waals surface area contributed by atoms with Gasteiger partial charge in [-0.1, -0.05) is 135 Å². The molecule has 0 radical (unpaired) electrons. The summed E-state index contributed by atoms with van der Waals surface area (Å²) in [6.07, 6.45) is 8.29. The second kappa shape index (κ2) is 13.1. The summed E-state index contributed by atoms with van der Waals surface area (Å²) in [5.74, 6) is 0. The first-order valence-electron chi connectivity index (χ1n) is 18.8. The highest BCUT2D eigenvalue weighted by molar-refractivity contribution is 7.27. The van der Waals surface area contributed by atoms with Gasteiger partial charge in [-0.05, 0) is 77.7 Å². The molecule has 0 amide bonds. The van der Waals surface area contributed by atoms with E-state index in [0.717, 1.165) is 55.8 Å². The van der Waals surface area contributed by atoms with Gasteiger partial charge >= 0.3 is 0 Å². The van der Waals surface area contributed by atoms with Crippen LogP contribution in [0.1, 0.15) is 31.9 Å². The van der Waals surface area contributed by atoms with E-state index in [1.165, 1.54) is 42.4 Å². The second-order valence-corrected chi connectivity index (χ2v) is 15.7. The highest BCUT2D eigenvalue weighted by Crippen LogP contribution is 2.55. The molecule has 2 aromatic heterocycles. The molecule has 0 fully saturated rings. The number of fused-ring (bicyclic) bond motifs is 10. The van der Waals surface area contributed by atoms with Gasteiger partial charge in [-0.15, -0.1) is 11.3 Å². The minimum atomic E-state index is -0.0560. The van der Waals surface area contributed by atoms with Crippen LogP contribution in [0.15, 0.2) is 185 Å². The predicted molar refractivity (Wildman–Crippen MR) is 236 cm³/mol. The van der Waals surface area contributed by atoms with Crippen molar-refractivity contribution in [1.82, 2.24) is 0 Å². The fourth-order valence-electron chi connectivity index (χ4n) is 8.48. The fourth-order valence-corrected chi connectivity index (χ4v) is 9.85. The van der Waals surface area contributed by atoms with Gasteiger partial charge in [0, 0.05) is 60.4 Å². The van der Waals surface area contributed by atoms with Crippen molar-refractivity contribution in [3.05, 3.63) is 187 Å². The van der Waals surface area contributed by atoms with Gasteiger partial charge in [-0.25, -0.2) is 0 Å². The second-order valence-electron chi connectivity index (χ2n) is 14.7. The minimum Gasteiger partial charge on any atom is -0.455 e. The maximum Gasteiger partial charge on any atom is 0.143 e. The highest BCUT2D eigenvalue weighted by atomic mass is 32.1. The Bertz CT molecular complexity index is 3010. The number of allylic oxidation sites excluding steroid dienone is 3. The lowest BCUT2D eigenvalue weighted by Gasteiger charge is -2.27. The quantitative estimate of drug-likeness (QED) is 0.121. The first-order chi connectivity index (χ1) is 27.0. The van der Waals surface area contributed by atoms with E-state index in [-0.39, 0.29) is 5.41 Å². The Morgan fingerprint density at radius 2 is 1.35 bits per heavy atom. The number of aliphatic imine (C=N–C) groups is 1. The molecule has 0 unspecified atom stereocenters. The van der Waals surface area contributed by atoms with Crippen LogP contribution in [0.25, 0.3) is 64.4 Å². The zero-order valence-electron chi connectivity index (χ0n) is 31.0. The van der Waals surface area contributed by atoms with Crippen LogP contribution in [0.4, 0.5) is 17.1 Å². The highest BCUT2D eigenvalue weighted by Gasteiger charge is 2.37. The molecule has 0 bridgehead atoms. The Balaban J connectivity index is 1.16. The first-order valence-corrected chi connectivity index (χ1v) is 19.6. The Morgan fingerprint density at radius 1 is 0.636 bits per heavy atom. The predicted octanol–water partition coefficient (Wildman–Crippen LogP) is 14.9. The molecule has 264 valence electrons. The van der Waals surface area contributed by atoms with Crippen molar-refractivity contribution in [3.63, 3.8) is 0 Å². The number of para-hydroxylation sites is 3. The van der Waals surface area contributed by atoms with E-state index >= 15 is 0 Å². The molecule has 7 aromatic carbocycles. The summed E-state index contributed by atoms with van der Waals surface area (Å²) in [7, 11) is 0. The number of benzene rings is 7. The summed E-state index contributed by atoms with van der Waals surface area (Å²) >= 11 is 1.90. The molecular formula is C51H38N2OS. The van der Waals surface area contributed by atoms with Crippen LogP contribution in [-0.4, -0.2) is 6.21 Å².